The normalized spacial score (nSPS) is 17.1. The maximum absolute atomic E-state index is 12.1. The second-order valence-electron chi connectivity index (χ2n) is 5.74. The molecule has 0 spiro atoms. The Morgan fingerprint density at radius 1 is 1.43 bits per heavy atom. The van der Waals surface area contributed by atoms with Crippen molar-refractivity contribution in [2.24, 2.45) is 11.8 Å². The second kappa shape index (κ2) is 8.25. The van der Waals surface area contributed by atoms with Crippen molar-refractivity contribution in [1.82, 2.24) is 10.6 Å². The molecule has 0 aromatic heterocycles. The zero-order valence-corrected chi connectivity index (χ0v) is 13.7. The number of nitrogens with one attached hydrogen (secondary N) is 2. The molecule has 2 atom stereocenters. The summed E-state index contributed by atoms with van der Waals surface area (Å²) in [5.74, 6) is 1.51. The second-order valence-corrected chi connectivity index (χ2v) is 5.74. The van der Waals surface area contributed by atoms with Crippen LogP contribution >= 0.6 is 12.4 Å². The molecule has 1 amide bonds. The summed E-state index contributed by atoms with van der Waals surface area (Å²) in [5.41, 5.74) is 1.17. The Morgan fingerprint density at radius 3 is 2.71 bits per heavy atom. The molecule has 0 aliphatic carbocycles. The number of aryl methyl sites for hydroxylation is 1. The fourth-order valence-corrected chi connectivity index (χ4v) is 2.22. The molecule has 1 aliphatic heterocycles. The van der Waals surface area contributed by atoms with E-state index in [1.165, 1.54) is 5.56 Å². The average molecular weight is 313 g/mol. The van der Waals surface area contributed by atoms with Crippen LogP contribution in [0.15, 0.2) is 24.3 Å². The van der Waals surface area contributed by atoms with E-state index < -0.39 is 0 Å². The van der Waals surface area contributed by atoms with Crippen LogP contribution in [0, 0.1) is 18.8 Å². The molecule has 0 radical (unpaired) electrons. The molecule has 1 aliphatic rings. The van der Waals surface area contributed by atoms with Crippen molar-refractivity contribution in [3.63, 3.8) is 0 Å². The van der Waals surface area contributed by atoms with Crippen molar-refractivity contribution in [1.29, 1.82) is 0 Å². The number of hydrogen-bond donors (Lipinski definition) is 2. The summed E-state index contributed by atoms with van der Waals surface area (Å²) in [6.07, 6.45) is 0. The summed E-state index contributed by atoms with van der Waals surface area (Å²) in [6, 6.07) is 7.95. The summed E-state index contributed by atoms with van der Waals surface area (Å²) in [4.78, 5) is 12.1. The van der Waals surface area contributed by atoms with Crippen LogP contribution in [0.2, 0.25) is 0 Å². The van der Waals surface area contributed by atoms with E-state index in [4.69, 9.17) is 4.74 Å². The average Bonchev–Trinajstić information content (AvgIpc) is 2.34. The van der Waals surface area contributed by atoms with Gasteiger partial charge in [0.15, 0.2) is 0 Å². The summed E-state index contributed by atoms with van der Waals surface area (Å²) < 4.78 is 5.70. The minimum Gasteiger partial charge on any atom is -0.491 e. The molecule has 1 aromatic rings. The third-order valence-electron chi connectivity index (χ3n) is 3.81. The molecular weight excluding hydrogens is 288 g/mol. The number of carbonyl (C=O) groups excluding carboxylic acids is 1. The SMILES string of the molecule is Cc1cccc(OCC(C)NC(=O)C(C)C2CNC2)c1.Cl. The quantitative estimate of drug-likeness (QED) is 0.846. The number of ether oxygens (including phenoxy) is 1. The molecule has 1 fully saturated rings. The van der Waals surface area contributed by atoms with Crippen LogP contribution in [-0.2, 0) is 4.79 Å². The number of halogens is 1. The zero-order valence-electron chi connectivity index (χ0n) is 12.9. The topological polar surface area (TPSA) is 50.4 Å². The van der Waals surface area contributed by atoms with Gasteiger partial charge in [0.1, 0.15) is 12.4 Å². The van der Waals surface area contributed by atoms with Gasteiger partial charge in [-0.2, -0.15) is 0 Å². The predicted octanol–water partition coefficient (Wildman–Crippen LogP) is 2.16. The molecular formula is C16H25ClN2O2. The fourth-order valence-electron chi connectivity index (χ4n) is 2.22. The molecule has 1 heterocycles. The molecule has 0 bridgehead atoms. The standard InChI is InChI=1S/C16H24N2O2.ClH/c1-11-5-4-6-15(7-11)20-10-12(2)18-16(19)13(3)14-8-17-9-14;/h4-7,12-14,17H,8-10H2,1-3H3,(H,18,19);1H. The van der Waals surface area contributed by atoms with Crippen molar-refractivity contribution in [2.45, 2.75) is 26.8 Å². The van der Waals surface area contributed by atoms with Crippen molar-refractivity contribution >= 4 is 18.3 Å². The Morgan fingerprint density at radius 2 is 2.14 bits per heavy atom. The molecule has 118 valence electrons. The molecule has 2 unspecified atom stereocenters. The number of benzene rings is 1. The number of hydrogen-bond acceptors (Lipinski definition) is 3. The van der Waals surface area contributed by atoms with E-state index in [2.05, 4.69) is 10.6 Å². The molecule has 0 saturated carbocycles. The maximum Gasteiger partial charge on any atom is 0.223 e. The lowest BCUT2D eigenvalue weighted by Crippen LogP contribution is -2.51. The van der Waals surface area contributed by atoms with Crippen LogP contribution in [0.3, 0.4) is 0 Å². The largest absolute Gasteiger partial charge is 0.491 e. The van der Waals surface area contributed by atoms with Gasteiger partial charge in [0, 0.05) is 5.92 Å². The monoisotopic (exact) mass is 312 g/mol. The highest BCUT2D eigenvalue weighted by Gasteiger charge is 2.29. The Hall–Kier alpha value is -1.26. The van der Waals surface area contributed by atoms with Crippen LogP contribution in [0.5, 0.6) is 5.75 Å². The van der Waals surface area contributed by atoms with Crippen LogP contribution in [0.4, 0.5) is 0 Å². The predicted molar refractivity (Wildman–Crippen MR) is 87.1 cm³/mol. The van der Waals surface area contributed by atoms with Gasteiger partial charge in [0.05, 0.1) is 6.04 Å². The number of amides is 1. The van der Waals surface area contributed by atoms with Gasteiger partial charge in [-0.1, -0.05) is 19.1 Å². The molecule has 1 aromatic carbocycles. The highest BCUT2D eigenvalue weighted by atomic mass is 35.5. The first kappa shape index (κ1) is 17.8. The lowest BCUT2D eigenvalue weighted by atomic mass is 9.88. The first-order chi connectivity index (χ1) is 9.56. The van der Waals surface area contributed by atoms with Gasteiger partial charge in [-0.3, -0.25) is 4.79 Å². The zero-order chi connectivity index (χ0) is 14.5. The smallest absolute Gasteiger partial charge is 0.223 e. The van der Waals surface area contributed by atoms with E-state index >= 15 is 0 Å². The third-order valence-corrected chi connectivity index (χ3v) is 3.81. The molecule has 2 N–H and O–H groups in total. The van der Waals surface area contributed by atoms with E-state index in [9.17, 15) is 4.79 Å². The van der Waals surface area contributed by atoms with Gasteiger partial charge < -0.3 is 15.4 Å². The van der Waals surface area contributed by atoms with E-state index in [-0.39, 0.29) is 30.3 Å². The molecule has 2 rings (SSSR count). The minimum atomic E-state index is 0. The maximum atomic E-state index is 12.1. The summed E-state index contributed by atoms with van der Waals surface area (Å²) >= 11 is 0. The van der Waals surface area contributed by atoms with Gasteiger partial charge in [-0.25, -0.2) is 0 Å². The van der Waals surface area contributed by atoms with E-state index in [0.717, 1.165) is 18.8 Å². The van der Waals surface area contributed by atoms with Crippen molar-refractivity contribution in [3.8, 4) is 5.75 Å². The van der Waals surface area contributed by atoms with E-state index in [1.807, 2.05) is 45.0 Å². The molecule has 1 saturated heterocycles. The molecule has 5 heteroatoms. The summed E-state index contributed by atoms with van der Waals surface area (Å²) in [7, 11) is 0. The van der Waals surface area contributed by atoms with Crippen LogP contribution in [0.1, 0.15) is 19.4 Å². The van der Waals surface area contributed by atoms with E-state index in [1.54, 1.807) is 0 Å². The first-order valence-corrected chi connectivity index (χ1v) is 7.27. The lowest BCUT2D eigenvalue weighted by molar-refractivity contribution is -0.127. The Balaban J connectivity index is 0.00000220. The van der Waals surface area contributed by atoms with Crippen molar-refractivity contribution in [2.75, 3.05) is 19.7 Å². The Kier molecular flexibility index (Phi) is 6.99. The van der Waals surface area contributed by atoms with Crippen molar-refractivity contribution in [3.05, 3.63) is 29.8 Å². The number of rotatable bonds is 6. The summed E-state index contributed by atoms with van der Waals surface area (Å²) in [5, 5.41) is 6.22. The Bertz CT molecular complexity index is 463. The number of carbonyl (C=O) groups is 1. The van der Waals surface area contributed by atoms with Gasteiger partial charge >= 0.3 is 0 Å². The highest BCUT2D eigenvalue weighted by molar-refractivity contribution is 5.85. The van der Waals surface area contributed by atoms with Gasteiger partial charge in [-0.05, 0) is 50.6 Å². The highest BCUT2D eigenvalue weighted by Crippen LogP contribution is 2.16. The Labute approximate surface area is 133 Å². The molecule has 4 nitrogen and oxygen atoms in total. The first-order valence-electron chi connectivity index (χ1n) is 7.27. The van der Waals surface area contributed by atoms with E-state index in [0.29, 0.717) is 12.5 Å². The molecule has 21 heavy (non-hydrogen) atoms. The van der Waals surface area contributed by atoms with Gasteiger partial charge in [-0.15, -0.1) is 12.4 Å². The van der Waals surface area contributed by atoms with Gasteiger partial charge in [0.2, 0.25) is 5.91 Å². The fraction of sp³-hybridized carbons (Fsp3) is 0.562. The van der Waals surface area contributed by atoms with Crippen LogP contribution < -0.4 is 15.4 Å². The van der Waals surface area contributed by atoms with Crippen LogP contribution in [0.25, 0.3) is 0 Å². The lowest BCUT2D eigenvalue weighted by Gasteiger charge is -2.32. The minimum absolute atomic E-state index is 0. The van der Waals surface area contributed by atoms with Crippen molar-refractivity contribution < 1.29 is 9.53 Å². The van der Waals surface area contributed by atoms with Gasteiger partial charge in [0.25, 0.3) is 0 Å². The van der Waals surface area contributed by atoms with Crippen LogP contribution in [-0.4, -0.2) is 31.6 Å². The summed E-state index contributed by atoms with van der Waals surface area (Å²) in [6.45, 7) is 8.39. The third kappa shape index (κ3) is 5.21.